The number of quaternary nitrogens is 1. The van der Waals surface area contributed by atoms with Crippen molar-refractivity contribution in [3.63, 3.8) is 0 Å². The highest BCUT2D eigenvalue weighted by atomic mass is 35.5. The van der Waals surface area contributed by atoms with Gasteiger partial charge in [-0.15, -0.1) is 0 Å². The molecule has 1 atom stereocenters. The summed E-state index contributed by atoms with van der Waals surface area (Å²) in [7, 11) is 2.17. The van der Waals surface area contributed by atoms with Crippen LogP contribution in [-0.4, -0.2) is 50.3 Å². The smallest absolute Gasteiger partial charge is 0.472 e. The molecule has 0 aromatic carbocycles. The van der Waals surface area contributed by atoms with Crippen molar-refractivity contribution in [3.8, 4) is 0 Å². The number of phosphoric acid groups is 1. The van der Waals surface area contributed by atoms with E-state index >= 15 is 0 Å². The number of hydrogen-bond acceptors (Lipinski definition) is 3. The largest absolute Gasteiger partial charge is 1.00 e. The van der Waals surface area contributed by atoms with Crippen LogP contribution >= 0.6 is 7.82 Å². The fourth-order valence-corrected chi connectivity index (χ4v) is 2.98. The first-order valence-electron chi connectivity index (χ1n) is 9.19. The van der Waals surface area contributed by atoms with Gasteiger partial charge in [0.2, 0.25) is 0 Å². The minimum absolute atomic E-state index is 0. The van der Waals surface area contributed by atoms with E-state index in [4.69, 9.17) is 9.05 Å². The second-order valence-electron chi connectivity index (χ2n) is 7.33. The molecule has 0 aliphatic heterocycles. The molecule has 24 heavy (non-hydrogen) atoms. The lowest BCUT2D eigenvalue weighted by molar-refractivity contribution is -0.870. The molecule has 0 aromatic heterocycles. The highest BCUT2D eigenvalue weighted by Crippen LogP contribution is 2.43. The second kappa shape index (κ2) is 15.6. The van der Waals surface area contributed by atoms with Crippen molar-refractivity contribution in [1.29, 1.82) is 0 Å². The Kier molecular flexibility index (Phi) is 17.3. The fraction of sp³-hybridized carbons (Fsp3) is 1.00. The minimum Gasteiger partial charge on any atom is -1.00 e. The summed E-state index contributed by atoms with van der Waals surface area (Å²) in [5, 5.41) is 0. The van der Waals surface area contributed by atoms with E-state index in [-0.39, 0.29) is 19.0 Å². The molecule has 0 aromatic rings. The monoisotopic (exact) mass is 387 g/mol. The number of phosphoric ester groups is 1. The minimum atomic E-state index is -3.87. The lowest BCUT2D eigenvalue weighted by atomic mass is 10.1. The van der Waals surface area contributed by atoms with Crippen molar-refractivity contribution in [2.45, 2.75) is 71.1 Å². The predicted octanol–water partition coefficient (Wildman–Crippen LogP) is 1.75. The summed E-state index contributed by atoms with van der Waals surface area (Å²) in [6, 6.07) is 0. The zero-order valence-electron chi connectivity index (χ0n) is 16.1. The third-order valence-corrected chi connectivity index (χ3v) is 4.79. The lowest BCUT2D eigenvalue weighted by Crippen LogP contribution is -3.00. The first-order chi connectivity index (χ1) is 10.8. The van der Waals surface area contributed by atoms with E-state index in [2.05, 4.69) is 6.92 Å². The Morgan fingerprint density at radius 2 is 1.21 bits per heavy atom. The average molecular weight is 388 g/mol. The maximum Gasteiger partial charge on any atom is 0.472 e. The Hall–Kier alpha value is 0.360. The third kappa shape index (κ3) is 20.4. The van der Waals surface area contributed by atoms with Crippen LogP contribution in [0.1, 0.15) is 71.1 Å². The summed E-state index contributed by atoms with van der Waals surface area (Å²) >= 11 is 0. The molecule has 0 saturated carbocycles. The Morgan fingerprint density at radius 3 is 1.67 bits per heavy atom. The standard InChI is InChI=1S/C17H38NO4P.ClH/c1-5-6-7-8-9-10-11-12-13-14-16-21-23(19,20)22-17-15-18(2,3)4;/h5-17H2,1-4H3;1H. The van der Waals surface area contributed by atoms with Crippen molar-refractivity contribution < 1.29 is 35.4 Å². The van der Waals surface area contributed by atoms with Crippen LogP contribution < -0.4 is 12.4 Å². The van der Waals surface area contributed by atoms with Crippen LogP contribution in [0.25, 0.3) is 0 Å². The molecule has 148 valence electrons. The molecule has 0 bridgehead atoms. The molecule has 0 amide bonds. The van der Waals surface area contributed by atoms with Gasteiger partial charge in [0.05, 0.1) is 27.7 Å². The molecule has 0 aliphatic carbocycles. The SMILES string of the molecule is CCCCCCCCCCCCOP(=O)(O)OCC[N+](C)(C)C.[Cl-]. The molecule has 0 saturated heterocycles. The highest BCUT2D eigenvalue weighted by molar-refractivity contribution is 7.47. The Labute approximate surface area is 155 Å². The van der Waals surface area contributed by atoms with Crippen LogP contribution in [0.3, 0.4) is 0 Å². The van der Waals surface area contributed by atoms with Crippen LogP contribution in [-0.2, 0) is 13.6 Å². The van der Waals surface area contributed by atoms with Crippen LogP contribution in [0.15, 0.2) is 0 Å². The van der Waals surface area contributed by atoms with Crippen LogP contribution in [0, 0.1) is 0 Å². The Bertz CT molecular complexity index is 324. The van der Waals surface area contributed by atoms with Gasteiger partial charge in [-0.2, -0.15) is 0 Å². The molecule has 5 nitrogen and oxygen atoms in total. The molecule has 1 N–H and O–H groups in total. The molecular weight excluding hydrogens is 349 g/mol. The van der Waals surface area contributed by atoms with Gasteiger partial charge < -0.3 is 21.8 Å². The average Bonchev–Trinajstić information content (AvgIpc) is 2.43. The molecule has 0 rings (SSSR count). The normalized spacial score (nSPS) is 14.2. The van der Waals surface area contributed by atoms with Gasteiger partial charge in [-0.05, 0) is 6.42 Å². The van der Waals surface area contributed by atoms with Crippen molar-refractivity contribution >= 4 is 7.82 Å². The molecule has 0 radical (unpaired) electrons. The number of halogens is 1. The van der Waals surface area contributed by atoms with E-state index in [1.54, 1.807) is 0 Å². The predicted molar refractivity (Wildman–Crippen MR) is 96.5 cm³/mol. The van der Waals surface area contributed by atoms with Gasteiger partial charge in [0.25, 0.3) is 0 Å². The summed E-state index contributed by atoms with van der Waals surface area (Å²) in [5.41, 5.74) is 0. The van der Waals surface area contributed by atoms with Gasteiger partial charge in [0.15, 0.2) is 0 Å². The summed E-state index contributed by atoms with van der Waals surface area (Å²) in [6.45, 7) is 3.44. The van der Waals surface area contributed by atoms with E-state index < -0.39 is 7.82 Å². The summed E-state index contributed by atoms with van der Waals surface area (Å²) < 4.78 is 22.3. The van der Waals surface area contributed by atoms with Crippen LogP contribution in [0.2, 0.25) is 0 Å². The van der Waals surface area contributed by atoms with E-state index in [0.717, 1.165) is 12.8 Å². The fourth-order valence-electron chi connectivity index (χ4n) is 2.24. The molecule has 0 heterocycles. The summed E-state index contributed by atoms with van der Waals surface area (Å²) in [5.74, 6) is 0. The molecule has 0 fully saturated rings. The summed E-state index contributed by atoms with van der Waals surface area (Å²) in [4.78, 5) is 9.56. The third-order valence-electron chi connectivity index (χ3n) is 3.77. The first kappa shape index (κ1) is 26.6. The van der Waals surface area contributed by atoms with Gasteiger partial charge in [-0.1, -0.05) is 64.7 Å². The maximum absolute atomic E-state index is 11.7. The van der Waals surface area contributed by atoms with Crippen LogP contribution in [0.5, 0.6) is 0 Å². The quantitative estimate of drug-likeness (QED) is 0.249. The van der Waals surface area contributed by atoms with Gasteiger partial charge in [-0.25, -0.2) is 4.57 Å². The number of likely N-dealkylation sites (N-methyl/N-ethyl adjacent to an activating group) is 1. The van der Waals surface area contributed by atoms with E-state index in [1.165, 1.54) is 51.4 Å². The Balaban J connectivity index is 0. The highest BCUT2D eigenvalue weighted by Gasteiger charge is 2.21. The number of rotatable bonds is 16. The second-order valence-corrected chi connectivity index (χ2v) is 8.78. The maximum atomic E-state index is 11.7. The lowest BCUT2D eigenvalue weighted by Gasteiger charge is -2.24. The summed E-state index contributed by atoms with van der Waals surface area (Å²) in [6.07, 6.45) is 12.3. The zero-order valence-corrected chi connectivity index (χ0v) is 17.8. The molecule has 1 unspecified atom stereocenters. The topological polar surface area (TPSA) is 55.8 Å². The van der Waals surface area contributed by atoms with Crippen molar-refractivity contribution in [2.75, 3.05) is 40.9 Å². The molecule has 7 heteroatoms. The first-order valence-corrected chi connectivity index (χ1v) is 10.7. The van der Waals surface area contributed by atoms with Crippen LogP contribution in [0.4, 0.5) is 0 Å². The van der Waals surface area contributed by atoms with Gasteiger partial charge in [0, 0.05) is 0 Å². The molecule has 0 spiro atoms. The Morgan fingerprint density at radius 1 is 0.792 bits per heavy atom. The van der Waals surface area contributed by atoms with Crippen molar-refractivity contribution in [2.24, 2.45) is 0 Å². The van der Waals surface area contributed by atoms with Crippen molar-refractivity contribution in [3.05, 3.63) is 0 Å². The molecule has 0 aliphatic rings. The number of nitrogens with zero attached hydrogens (tertiary/aromatic N) is 1. The number of hydrogen-bond donors (Lipinski definition) is 1. The van der Waals surface area contributed by atoms with E-state index in [1.807, 2.05) is 21.1 Å². The van der Waals surface area contributed by atoms with Gasteiger partial charge in [-0.3, -0.25) is 9.05 Å². The molecular formula is C17H39ClNO4P. The zero-order chi connectivity index (χ0) is 17.6. The van der Waals surface area contributed by atoms with Crippen molar-refractivity contribution in [1.82, 2.24) is 0 Å². The number of unbranched alkanes of at least 4 members (excludes halogenated alkanes) is 9. The van der Waals surface area contributed by atoms with Gasteiger partial charge in [0.1, 0.15) is 13.2 Å². The van der Waals surface area contributed by atoms with E-state index in [9.17, 15) is 9.46 Å². The van der Waals surface area contributed by atoms with E-state index in [0.29, 0.717) is 17.6 Å². The van der Waals surface area contributed by atoms with Gasteiger partial charge >= 0.3 is 7.82 Å².